The van der Waals surface area contributed by atoms with Crippen LogP contribution >= 0.6 is 11.6 Å². The topological polar surface area (TPSA) is 152 Å². The van der Waals surface area contributed by atoms with Crippen molar-refractivity contribution in [3.05, 3.63) is 41.4 Å². The minimum Gasteiger partial charge on any atom is -0.398 e. The molecule has 0 bridgehead atoms. The quantitative estimate of drug-likeness (QED) is 0.376. The number of imidazole rings is 1. The molecule has 0 unspecified atom stereocenters. The monoisotopic (exact) mass is 406 g/mol. The van der Waals surface area contributed by atoms with E-state index in [0.29, 0.717) is 34.2 Å². The molecule has 1 saturated heterocycles. The predicted molar refractivity (Wildman–Crippen MR) is 102 cm³/mol. The summed E-state index contributed by atoms with van der Waals surface area (Å²) >= 11 is 6.20. The van der Waals surface area contributed by atoms with Crippen LogP contribution in [0.25, 0.3) is 11.2 Å². The molecule has 6 N–H and O–H groups in total. The van der Waals surface area contributed by atoms with Gasteiger partial charge in [-0.15, -0.1) is 0 Å². The van der Waals surface area contributed by atoms with Crippen molar-refractivity contribution >= 4 is 34.3 Å². The molecule has 3 heterocycles. The Morgan fingerprint density at radius 3 is 2.75 bits per heavy atom. The number of nitrogens with zero attached hydrogens (tertiary/aromatic N) is 4. The molecule has 0 amide bonds. The molecule has 11 heteroatoms. The first-order valence-electron chi connectivity index (χ1n) is 8.58. The van der Waals surface area contributed by atoms with Gasteiger partial charge in [0.25, 0.3) is 0 Å². The van der Waals surface area contributed by atoms with Crippen LogP contribution in [0.15, 0.2) is 30.9 Å². The highest BCUT2D eigenvalue weighted by atomic mass is 35.5. The Bertz CT molecular complexity index is 979. The van der Waals surface area contributed by atoms with Crippen LogP contribution in [0, 0.1) is 0 Å². The number of hydrogen-bond donors (Lipinski definition) is 5. The molecule has 0 saturated carbocycles. The summed E-state index contributed by atoms with van der Waals surface area (Å²) in [6.07, 6.45) is -1.48. The molecule has 4 rings (SSSR count). The number of aliphatic hydroxyl groups is 3. The third-order valence-electron chi connectivity index (χ3n) is 4.74. The first kappa shape index (κ1) is 18.8. The van der Waals surface area contributed by atoms with Gasteiger partial charge in [-0.1, -0.05) is 17.7 Å². The van der Waals surface area contributed by atoms with Gasteiger partial charge in [0, 0.05) is 22.8 Å². The highest BCUT2D eigenvalue weighted by Crippen LogP contribution is 2.32. The largest absolute Gasteiger partial charge is 0.398 e. The Hall–Kier alpha value is -2.50. The number of nitrogen functional groups attached to an aromatic ring is 1. The summed E-state index contributed by atoms with van der Waals surface area (Å²) in [5.41, 5.74) is 8.12. The van der Waals surface area contributed by atoms with Gasteiger partial charge in [0.05, 0.1) is 12.9 Å². The Kier molecular flexibility index (Phi) is 5.04. The normalized spacial score (nSPS) is 24.7. The molecule has 0 aliphatic carbocycles. The zero-order valence-electron chi connectivity index (χ0n) is 14.6. The molecule has 1 fully saturated rings. The average molecular weight is 407 g/mol. The number of aliphatic hydroxyl groups excluding tert-OH is 3. The minimum absolute atomic E-state index is 0.332. The number of nitrogens with two attached hydrogens (primary N) is 1. The van der Waals surface area contributed by atoms with Crippen LogP contribution in [-0.4, -0.2) is 59.8 Å². The van der Waals surface area contributed by atoms with Crippen molar-refractivity contribution in [2.75, 3.05) is 17.7 Å². The molecule has 148 valence electrons. The summed E-state index contributed by atoms with van der Waals surface area (Å²) in [4.78, 5) is 12.7. The van der Waals surface area contributed by atoms with Gasteiger partial charge in [0.1, 0.15) is 24.6 Å². The van der Waals surface area contributed by atoms with Crippen molar-refractivity contribution in [3.8, 4) is 0 Å². The molecule has 2 aromatic heterocycles. The van der Waals surface area contributed by atoms with Crippen LogP contribution in [0.3, 0.4) is 0 Å². The van der Waals surface area contributed by atoms with Gasteiger partial charge in [0.2, 0.25) is 0 Å². The summed E-state index contributed by atoms with van der Waals surface area (Å²) in [7, 11) is 0. The van der Waals surface area contributed by atoms with E-state index in [4.69, 9.17) is 22.1 Å². The third kappa shape index (κ3) is 3.15. The van der Waals surface area contributed by atoms with Gasteiger partial charge in [-0.25, -0.2) is 15.0 Å². The van der Waals surface area contributed by atoms with Gasteiger partial charge >= 0.3 is 0 Å². The van der Waals surface area contributed by atoms with E-state index < -0.39 is 31.1 Å². The van der Waals surface area contributed by atoms with E-state index in [-0.39, 0.29) is 0 Å². The van der Waals surface area contributed by atoms with Crippen LogP contribution in [0.2, 0.25) is 5.02 Å². The van der Waals surface area contributed by atoms with E-state index in [2.05, 4.69) is 20.3 Å². The second-order valence-electron chi connectivity index (χ2n) is 6.44. The molecule has 1 aromatic carbocycles. The Morgan fingerprint density at radius 1 is 1.21 bits per heavy atom. The lowest BCUT2D eigenvalue weighted by Crippen LogP contribution is -2.33. The smallest absolute Gasteiger partial charge is 0.167 e. The minimum atomic E-state index is -1.23. The van der Waals surface area contributed by atoms with Crippen molar-refractivity contribution in [2.24, 2.45) is 0 Å². The van der Waals surface area contributed by atoms with Gasteiger partial charge in [0.15, 0.2) is 23.2 Å². The number of nitrogens with one attached hydrogen (secondary N) is 1. The van der Waals surface area contributed by atoms with Crippen LogP contribution < -0.4 is 11.1 Å². The van der Waals surface area contributed by atoms with Crippen molar-refractivity contribution < 1.29 is 20.1 Å². The van der Waals surface area contributed by atoms with Crippen molar-refractivity contribution in [3.63, 3.8) is 0 Å². The van der Waals surface area contributed by atoms with Gasteiger partial charge in [-0.2, -0.15) is 0 Å². The van der Waals surface area contributed by atoms with Crippen LogP contribution in [0.4, 0.5) is 11.5 Å². The van der Waals surface area contributed by atoms with Crippen LogP contribution in [-0.2, 0) is 11.3 Å². The number of rotatable bonds is 5. The number of halogens is 1. The zero-order chi connectivity index (χ0) is 19.8. The second kappa shape index (κ2) is 7.49. The van der Waals surface area contributed by atoms with E-state index in [0.717, 1.165) is 5.56 Å². The lowest BCUT2D eigenvalue weighted by Gasteiger charge is -2.16. The van der Waals surface area contributed by atoms with E-state index in [1.165, 1.54) is 17.2 Å². The summed E-state index contributed by atoms with van der Waals surface area (Å²) in [6, 6.07) is 5.28. The Balaban J connectivity index is 1.62. The maximum absolute atomic E-state index is 10.3. The number of benzene rings is 1. The molecular formula is C17H19ClN6O4. The lowest BCUT2D eigenvalue weighted by atomic mass is 10.1. The molecule has 1 aliphatic rings. The van der Waals surface area contributed by atoms with E-state index in [1.807, 2.05) is 0 Å². The maximum Gasteiger partial charge on any atom is 0.167 e. The lowest BCUT2D eigenvalue weighted by molar-refractivity contribution is -0.0511. The molecule has 4 atom stereocenters. The molecule has 0 radical (unpaired) electrons. The van der Waals surface area contributed by atoms with Crippen molar-refractivity contribution in [2.45, 2.75) is 31.1 Å². The molecule has 1 aliphatic heterocycles. The summed E-state index contributed by atoms with van der Waals surface area (Å²) in [5, 5.41) is 33.2. The highest BCUT2D eigenvalue weighted by Gasteiger charge is 2.44. The Morgan fingerprint density at radius 2 is 2.04 bits per heavy atom. The number of aromatic nitrogens is 4. The fourth-order valence-corrected chi connectivity index (χ4v) is 3.46. The first-order valence-corrected chi connectivity index (χ1v) is 8.95. The van der Waals surface area contributed by atoms with E-state index >= 15 is 0 Å². The highest BCUT2D eigenvalue weighted by molar-refractivity contribution is 6.31. The third-order valence-corrected chi connectivity index (χ3v) is 5.09. The fourth-order valence-electron chi connectivity index (χ4n) is 3.21. The summed E-state index contributed by atoms with van der Waals surface area (Å²) in [5.74, 6) is 0.454. The van der Waals surface area contributed by atoms with E-state index in [1.54, 1.807) is 18.2 Å². The molecule has 28 heavy (non-hydrogen) atoms. The SMILES string of the molecule is Nc1cccc(Cl)c1CNc1ncnc2c1ncn2[C@@H]1O[C@H](CO)[C@@H](O)[C@H]1O. The average Bonchev–Trinajstić information content (AvgIpc) is 3.23. The number of ether oxygens (including phenoxy) is 1. The molecular weight excluding hydrogens is 388 g/mol. The van der Waals surface area contributed by atoms with Crippen LogP contribution in [0.1, 0.15) is 11.8 Å². The molecule has 0 spiro atoms. The standard InChI is InChI=1S/C17H19ClN6O4/c18-9-2-1-3-10(19)8(9)4-20-15-12-16(22-6-21-15)24(7-23-12)17-14(27)13(26)11(5-25)28-17/h1-3,6-7,11,13-14,17,25-27H,4-5,19H2,(H,20,21,22)/t11-,13-,14-,17-/m1/s1. The first-order chi connectivity index (χ1) is 13.5. The van der Waals surface area contributed by atoms with Gasteiger partial charge in [-0.3, -0.25) is 4.57 Å². The van der Waals surface area contributed by atoms with Crippen molar-refractivity contribution in [1.29, 1.82) is 0 Å². The van der Waals surface area contributed by atoms with Gasteiger partial charge in [-0.05, 0) is 12.1 Å². The number of hydrogen-bond acceptors (Lipinski definition) is 9. The van der Waals surface area contributed by atoms with Crippen molar-refractivity contribution in [1.82, 2.24) is 19.5 Å². The summed E-state index contributed by atoms with van der Waals surface area (Å²) < 4.78 is 7.04. The zero-order valence-corrected chi connectivity index (χ0v) is 15.4. The summed E-state index contributed by atoms with van der Waals surface area (Å²) in [6.45, 7) is -0.0826. The second-order valence-corrected chi connectivity index (χ2v) is 6.84. The fraction of sp³-hybridized carbons (Fsp3) is 0.353. The van der Waals surface area contributed by atoms with Gasteiger partial charge < -0.3 is 31.1 Å². The number of fused-ring (bicyclic) bond motifs is 1. The molecule has 3 aromatic rings. The van der Waals surface area contributed by atoms with E-state index in [9.17, 15) is 15.3 Å². The number of anilines is 2. The predicted octanol–water partition coefficient (Wildman–Crippen LogP) is 0.285. The maximum atomic E-state index is 10.3. The Labute approximate surface area is 164 Å². The molecule has 10 nitrogen and oxygen atoms in total. The van der Waals surface area contributed by atoms with Crippen LogP contribution in [0.5, 0.6) is 0 Å².